The van der Waals surface area contributed by atoms with Gasteiger partial charge >= 0.3 is 0 Å². The van der Waals surface area contributed by atoms with Crippen molar-refractivity contribution < 1.29 is 18.3 Å². The van der Waals surface area contributed by atoms with Gasteiger partial charge in [0.1, 0.15) is 4.90 Å². The molecule has 2 heterocycles. The van der Waals surface area contributed by atoms with E-state index in [1.807, 2.05) is 0 Å². The van der Waals surface area contributed by atoms with Crippen molar-refractivity contribution in [2.75, 3.05) is 17.8 Å². The average molecular weight is 581 g/mol. The fourth-order valence-corrected chi connectivity index (χ4v) is 6.42. The van der Waals surface area contributed by atoms with Gasteiger partial charge in [0.25, 0.3) is 15.9 Å². The molecule has 2 aliphatic heterocycles. The Hall–Kier alpha value is -1.98. The van der Waals surface area contributed by atoms with Crippen molar-refractivity contribution in [3.8, 4) is 0 Å². The molecule has 33 heavy (non-hydrogen) atoms. The monoisotopic (exact) mass is 581 g/mol. The fourth-order valence-electron chi connectivity index (χ4n) is 4.53. The van der Waals surface area contributed by atoms with Crippen LogP contribution < -0.4 is 4.72 Å². The number of sulfonamides is 1. The van der Waals surface area contributed by atoms with Crippen molar-refractivity contribution >= 4 is 56.1 Å². The zero-order valence-corrected chi connectivity index (χ0v) is 21.7. The number of amides is 1. The van der Waals surface area contributed by atoms with Gasteiger partial charge in [-0.25, -0.2) is 8.42 Å². The lowest BCUT2D eigenvalue weighted by atomic mass is 9.84. The Labute approximate surface area is 208 Å². The third kappa shape index (κ3) is 5.25. The highest BCUT2D eigenvalue weighted by atomic mass is 127. The normalized spacial score (nSPS) is 17.3. The van der Waals surface area contributed by atoms with Gasteiger partial charge in [-0.2, -0.15) is 0 Å². The molecule has 0 spiro atoms. The Morgan fingerprint density at radius 3 is 2.48 bits per heavy atom. The van der Waals surface area contributed by atoms with Crippen LogP contribution in [0.5, 0.6) is 0 Å². The number of hydrogen-bond donors (Lipinski definition) is 2. The highest BCUT2D eigenvalue weighted by Crippen LogP contribution is 2.36. The molecule has 1 amide bonds. The minimum absolute atomic E-state index is 0.110. The van der Waals surface area contributed by atoms with Crippen molar-refractivity contribution in [2.45, 2.75) is 50.0 Å². The summed E-state index contributed by atoms with van der Waals surface area (Å²) >= 11 is 2.18. The molecule has 0 saturated carbocycles. The highest BCUT2D eigenvalue weighted by Gasteiger charge is 2.34. The summed E-state index contributed by atoms with van der Waals surface area (Å²) in [5.41, 5.74) is 1.58. The molecule has 0 unspecified atom stereocenters. The summed E-state index contributed by atoms with van der Waals surface area (Å²) in [6.45, 7) is 5.19. The van der Waals surface area contributed by atoms with Crippen molar-refractivity contribution in [2.24, 2.45) is 10.9 Å². The molecule has 4 rings (SSSR count). The number of carbonyl (C=O) groups excluding carboxylic acids is 1. The first-order valence-corrected chi connectivity index (χ1v) is 13.6. The molecule has 2 aromatic rings. The molecule has 1 saturated heterocycles. The second kappa shape index (κ2) is 9.34. The molecule has 0 radical (unpaired) electrons. The third-order valence-electron chi connectivity index (χ3n) is 6.15. The van der Waals surface area contributed by atoms with Gasteiger partial charge < -0.3 is 10.0 Å². The smallest absolute Gasteiger partial charge is 0.264 e. The number of rotatable bonds is 6. The third-order valence-corrected chi connectivity index (χ3v) is 8.57. The van der Waals surface area contributed by atoms with Crippen LogP contribution in [0.1, 0.15) is 49.0 Å². The molecule has 9 heteroatoms. The molecule has 1 fully saturated rings. The number of hydrogen-bond acceptors (Lipinski definition) is 5. The molecule has 2 N–H and O–H groups in total. The van der Waals surface area contributed by atoms with E-state index >= 15 is 0 Å². The second-order valence-electron chi connectivity index (χ2n) is 9.19. The number of aliphatic hydroxyl groups is 1. The lowest BCUT2D eigenvalue weighted by Crippen LogP contribution is -2.47. The molecule has 0 aromatic heterocycles. The van der Waals surface area contributed by atoms with E-state index in [2.05, 4.69) is 46.2 Å². The van der Waals surface area contributed by atoms with Crippen molar-refractivity contribution in [1.29, 1.82) is 0 Å². The number of fused-ring (bicyclic) bond motifs is 1. The summed E-state index contributed by atoms with van der Waals surface area (Å²) in [7, 11) is -3.82. The highest BCUT2D eigenvalue weighted by molar-refractivity contribution is 14.1. The van der Waals surface area contributed by atoms with Crippen LogP contribution in [-0.4, -0.2) is 49.2 Å². The van der Waals surface area contributed by atoms with E-state index in [1.165, 1.54) is 0 Å². The lowest BCUT2D eigenvalue weighted by Gasteiger charge is -2.39. The maximum absolute atomic E-state index is 13.0. The number of benzene rings is 2. The van der Waals surface area contributed by atoms with Crippen LogP contribution in [0.3, 0.4) is 0 Å². The number of nitrogens with zero attached hydrogens (tertiary/aromatic N) is 2. The molecular weight excluding hydrogens is 553 g/mol. The minimum atomic E-state index is -3.82. The van der Waals surface area contributed by atoms with Gasteiger partial charge in [-0.1, -0.05) is 13.8 Å². The van der Waals surface area contributed by atoms with Crippen LogP contribution in [0.15, 0.2) is 46.3 Å². The molecule has 0 aliphatic carbocycles. The molecule has 0 bridgehead atoms. The first-order chi connectivity index (χ1) is 15.6. The van der Waals surface area contributed by atoms with Gasteiger partial charge in [-0.15, -0.1) is 0 Å². The van der Waals surface area contributed by atoms with Crippen molar-refractivity contribution in [3.63, 3.8) is 0 Å². The number of halogens is 1. The van der Waals surface area contributed by atoms with Gasteiger partial charge in [-0.05, 0) is 89.7 Å². The Morgan fingerprint density at radius 1 is 1.18 bits per heavy atom. The summed E-state index contributed by atoms with van der Waals surface area (Å²) in [6, 6.07) is 9.81. The van der Waals surface area contributed by atoms with E-state index < -0.39 is 15.6 Å². The summed E-state index contributed by atoms with van der Waals surface area (Å²) < 4.78 is 29.6. The summed E-state index contributed by atoms with van der Waals surface area (Å²) in [5, 5.41) is 10.7. The maximum atomic E-state index is 13.0. The van der Waals surface area contributed by atoms with Crippen LogP contribution in [0.2, 0.25) is 0 Å². The van der Waals surface area contributed by atoms with E-state index in [0.717, 1.165) is 15.6 Å². The molecule has 2 aromatic carbocycles. The topological polar surface area (TPSA) is 99.1 Å². The Kier molecular flexibility index (Phi) is 6.84. The van der Waals surface area contributed by atoms with Crippen molar-refractivity contribution in [1.82, 2.24) is 4.90 Å². The van der Waals surface area contributed by atoms with E-state index in [0.29, 0.717) is 55.2 Å². The molecule has 176 valence electrons. The Bertz CT molecular complexity index is 1180. The van der Waals surface area contributed by atoms with E-state index in [1.54, 1.807) is 47.5 Å². The van der Waals surface area contributed by atoms with Gasteiger partial charge in [0.05, 0.1) is 11.3 Å². The molecule has 2 aliphatic rings. The molecule has 7 nitrogen and oxygen atoms in total. The zero-order chi connectivity index (χ0) is 23.8. The summed E-state index contributed by atoms with van der Waals surface area (Å²) in [5.74, 6) is 0.293. The van der Waals surface area contributed by atoms with Crippen LogP contribution in [0, 0.1) is 9.49 Å². The number of carbonyl (C=O) groups is 1. The van der Waals surface area contributed by atoms with Gasteiger partial charge in [0, 0.05) is 40.5 Å². The van der Waals surface area contributed by atoms with Crippen LogP contribution in [-0.2, 0) is 16.4 Å². The second-order valence-corrected chi connectivity index (χ2v) is 12.0. The summed E-state index contributed by atoms with van der Waals surface area (Å²) in [6.07, 6.45) is 4.21. The van der Waals surface area contributed by atoms with Gasteiger partial charge in [-0.3, -0.25) is 14.5 Å². The van der Waals surface area contributed by atoms with Crippen LogP contribution in [0.25, 0.3) is 0 Å². The van der Waals surface area contributed by atoms with Crippen LogP contribution in [0.4, 0.5) is 11.4 Å². The van der Waals surface area contributed by atoms with E-state index in [9.17, 15) is 18.3 Å². The van der Waals surface area contributed by atoms with E-state index in [-0.39, 0.29) is 10.8 Å². The number of nitrogens with one attached hydrogen (secondary N) is 1. The quantitative estimate of drug-likeness (QED) is 0.496. The first kappa shape index (κ1) is 24.2. The van der Waals surface area contributed by atoms with Gasteiger partial charge in [0.2, 0.25) is 0 Å². The number of anilines is 1. The van der Waals surface area contributed by atoms with Gasteiger partial charge in [0.15, 0.2) is 0 Å². The lowest BCUT2D eigenvalue weighted by molar-refractivity contribution is -0.0311. The maximum Gasteiger partial charge on any atom is 0.264 e. The summed E-state index contributed by atoms with van der Waals surface area (Å²) in [4.78, 5) is 19.1. The van der Waals surface area contributed by atoms with E-state index in [4.69, 9.17) is 0 Å². The largest absolute Gasteiger partial charge is 0.390 e. The molecule has 0 atom stereocenters. The van der Waals surface area contributed by atoms with Crippen LogP contribution >= 0.6 is 22.6 Å². The SMILES string of the molecule is CC(C)CC1(O)CCN(C(=O)c2ccc(NS(=O)(=O)c3ccc(I)c4c3N=CC4)cc2)CC1. The standard InChI is InChI=1S/C24H28IN3O4S/c1-16(2)15-24(30)10-13-28(14-11-24)23(29)17-3-5-18(6-4-17)27-33(31,32)21-8-7-20(25)19-9-12-26-22(19)21/h3-8,12,16,27,30H,9-11,13-15H2,1-2H3. The Morgan fingerprint density at radius 2 is 1.85 bits per heavy atom. The number of piperidine rings is 1. The first-order valence-electron chi connectivity index (χ1n) is 11.1. The molecular formula is C24H28IN3O4S. The minimum Gasteiger partial charge on any atom is -0.390 e. The predicted molar refractivity (Wildman–Crippen MR) is 138 cm³/mol. The zero-order valence-electron chi connectivity index (χ0n) is 18.7. The Balaban J connectivity index is 1.43. The number of likely N-dealkylation sites (tertiary alicyclic amines) is 1. The fraction of sp³-hybridized carbons (Fsp3) is 0.417. The van der Waals surface area contributed by atoms with Crippen molar-refractivity contribution in [3.05, 3.63) is 51.1 Å². The predicted octanol–water partition coefficient (Wildman–Crippen LogP) is 4.36. The average Bonchev–Trinajstić information content (AvgIpc) is 3.24. The number of aliphatic imine (C=N–C) groups is 1.